The summed E-state index contributed by atoms with van der Waals surface area (Å²) in [6, 6.07) is 6.31. The highest BCUT2D eigenvalue weighted by Gasteiger charge is 2.18. The lowest BCUT2D eigenvalue weighted by molar-refractivity contribution is 0.288. The van der Waals surface area contributed by atoms with Gasteiger partial charge in [-0.2, -0.15) is 0 Å². The molecule has 0 amide bonds. The predicted molar refractivity (Wildman–Crippen MR) is 107 cm³/mol. The van der Waals surface area contributed by atoms with E-state index in [1.807, 2.05) is 13.8 Å². The summed E-state index contributed by atoms with van der Waals surface area (Å²) < 4.78 is 15.1. The number of hydrogen-bond donors (Lipinski definition) is 0. The van der Waals surface area contributed by atoms with Crippen molar-refractivity contribution in [3.05, 3.63) is 51.1 Å². The molecule has 0 aliphatic rings. The zero-order chi connectivity index (χ0) is 18.8. The molecule has 3 rings (SSSR count). The Morgan fingerprint density at radius 2 is 1.81 bits per heavy atom. The first kappa shape index (κ1) is 18.7. The third-order valence-electron chi connectivity index (χ3n) is 4.85. The molecule has 138 valence electrons. The van der Waals surface area contributed by atoms with Gasteiger partial charge in [0.2, 0.25) is 0 Å². The summed E-state index contributed by atoms with van der Waals surface area (Å²) in [5.41, 5.74) is 1.72. The Labute approximate surface area is 156 Å². The lowest BCUT2D eigenvalue weighted by atomic mass is 10.0. The lowest BCUT2D eigenvalue weighted by Crippen LogP contribution is -2.32. The number of aromatic nitrogens is 2. The molecule has 0 spiro atoms. The number of fused-ring (bicyclic) bond motifs is 1. The maximum absolute atomic E-state index is 13.3. The minimum Gasteiger partial charge on any atom is -0.302 e. The van der Waals surface area contributed by atoms with Crippen LogP contribution in [0.15, 0.2) is 29.1 Å². The second-order valence-corrected chi connectivity index (χ2v) is 7.57. The van der Waals surface area contributed by atoms with Crippen LogP contribution in [0.5, 0.6) is 0 Å². The summed E-state index contributed by atoms with van der Waals surface area (Å²) in [6.07, 6.45) is 0. The Morgan fingerprint density at radius 3 is 2.42 bits per heavy atom. The third-order valence-corrected chi connectivity index (χ3v) is 5.84. The van der Waals surface area contributed by atoms with E-state index in [9.17, 15) is 9.18 Å². The van der Waals surface area contributed by atoms with Crippen LogP contribution in [-0.2, 0) is 6.54 Å². The van der Waals surface area contributed by atoms with Gasteiger partial charge < -0.3 is 4.90 Å². The lowest BCUT2D eigenvalue weighted by Gasteiger charge is -2.19. The van der Waals surface area contributed by atoms with E-state index in [0.717, 1.165) is 46.3 Å². The van der Waals surface area contributed by atoms with Crippen molar-refractivity contribution >= 4 is 21.6 Å². The largest absolute Gasteiger partial charge is 0.302 e. The van der Waals surface area contributed by atoms with Gasteiger partial charge in [-0.15, -0.1) is 11.3 Å². The van der Waals surface area contributed by atoms with Crippen LogP contribution in [-0.4, -0.2) is 34.1 Å². The van der Waals surface area contributed by atoms with Gasteiger partial charge in [0, 0.05) is 23.5 Å². The molecule has 1 aromatic carbocycles. The normalized spacial score (nSPS) is 11.6. The Balaban J connectivity index is 2.13. The van der Waals surface area contributed by atoms with Crippen LogP contribution in [0.3, 0.4) is 0 Å². The standard InChI is InChI=1S/C20H24FN3OS/c1-5-23(6-2)11-12-24-14(4)22-19-18(20(24)25)17(13(3)26-19)15-7-9-16(21)10-8-15/h7-10H,5-6,11-12H2,1-4H3. The third kappa shape index (κ3) is 3.44. The van der Waals surface area contributed by atoms with Gasteiger partial charge in [-0.25, -0.2) is 9.37 Å². The van der Waals surface area contributed by atoms with Crippen molar-refractivity contribution in [2.24, 2.45) is 0 Å². The van der Waals surface area contributed by atoms with Gasteiger partial charge in [0.05, 0.1) is 5.39 Å². The minimum absolute atomic E-state index is 0.0108. The number of likely N-dealkylation sites (N-methyl/N-ethyl adjacent to an activating group) is 1. The van der Waals surface area contributed by atoms with Crippen LogP contribution in [0.2, 0.25) is 0 Å². The summed E-state index contributed by atoms with van der Waals surface area (Å²) in [4.78, 5) is 22.0. The maximum Gasteiger partial charge on any atom is 0.262 e. The van der Waals surface area contributed by atoms with Gasteiger partial charge in [-0.1, -0.05) is 26.0 Å². The van der Waals surface area contributed by atoms with Crippen molar-refractivity contribution < 1.29 is 4.39 Å². The van der Waals surface area contributed by atoms with Crippen molar-refractivity contribution in [1.82, 2.24) is 14.5 Å². The highest BCUT2D eigenvalue weighted by molar-refractivity contribution is 7.19. The minimum atomic E-state index is -0.281. The number of benzene rings is 1. The van der Waals surface area contributed by atoms with Gasteiger partial charge in [-0.3, -0.25) is 9.36 Å². The van der Waals surface area contributed by atoms with E-state index in [0.29, 0.717) is 11.9 Å². The van der Waals surface area contributed by atoms with E-state index >= 15 is 0 Å². The van der Waals surface area contributed by atoms with E-state index in [1.54, 1.807) is 16.7 Å². The predicted octanol–water partition coefficient (Wildman–Crippen LogP) is 4.22. The number of aryl methyl sites for hydroxylation is 2. The zero-order valence-corrected chi connectivity index (χ0v) is 16.5. The van der Waals surface area contributed by atoms with Crippen molar-refractivity contribution in [2.45, 2.75) is 34.2 Å². The first-order valence-corrected chi connectivity index (χ1v) is 9.76. The molecule has 2 heterocycles. The SMILES string of the molecule is CCN(CC)CCn1c(C)nc2sc(C)c(-c3ccc(F)cc3)c2c1=O. The number of nitrogens with zero attached hydrogens (tertiary/aromatic N) is 3. The number of thiophene rings is 1. The second-order valence-electron chi connectivity index (χ2n) is 6.36. The number of hydrogen-bond acceptors (Lipinski definition) is 4. The van der Waals surface area contributed by atoms with Gasteiger partial charge >= 0.3 is 0 Å². The van der Waals surface area contributed by atoms with Crippen LogP contribution >= 0.6 is 11.3 Å². The molecule has 26 heavy (non-hydrogen) atoms. The summed E-state index contributed by atoms with van der Waals surface area (Å²) in [5.74, 6) is 0.457. The Morgan fingerprint density at radius 1 is 1.15 bits per heavy atom. The van der Waals surface area contributed by atoms with Crippen LogP contribution in [0.25, 0.3) is 21.3 Å². The first-order chi connectivity index (χ1) is 12.5. The number of halogens is 1. The van der Waals surface area contributed by atoms with E-state index in [1.165, 1.54) is 23.5 Å². The van der Waals surface area contributed by atoms with E-state index in [2.05, 4.69) is 23.7 Å². The smallest absolute Gasteiger partial charge is 0.262 e. The molecule has 0 saturated carbocycles. The first-order valence-electron chi connectivity index (χ1n) is 8.95. The van der Waals surface area contributed by atoms with Crippen LogP contribution < -0.4 is 5.56 Å². The molecule has 0 fully saturated rings. The average molecular weight is 373 g/mol. The fraction of sp³-hybridized carbons (Fsp3) is 0.400. The molecule has 0 atom stereocenters. The van der Waals surface area contributed by atoms with E-state index in [4.69, 9.17) is 0 Å². The van der Waals surface area contributed by atoms with Crippen LogP contribution in [0.4, 0.5) is 4.39 Å². The van der Waals surface area contributed by atoms with E-state index in [-0.39, 0.29) is 11.4 Å². The molecule has 3 aromatic rings. The summed E-state index contributed by atoms with van der Waals surface area (Å²) in [6.45, 7) is 11.5. The van der Waals surface area contributed by atoms with Crippen LogP contribution in [0, 0.1) is 19.7 Å². The van der Waals surface area contributed by atoms with Crippen LogP contribution in [0.1, 0.15) is 24.5 Å². The quantitative estimate of drug-likeness (QED) is 0.649. The van der Waals surface area contributed by atoms with Crippen molar-refractivity contribution in [3.63, 3.8) is 0 Å². The fourth-order valence-electron chi connectivity index (χ4n) is 3.31. The molecule has 0 saturated heterocycles. The summed E-state index contributed by atoms with van der Waals surface area (Å²) in [5, 5.41) is 0.643. The van der Waals surface area contributed by atoms with Gasteiger partial charge in [0.15, 0.2) is 0 Å². The molecule has 0 radical (unpaired) electrons. The van der Waals surface area contributed by atoms with Gasteiger partial charge in [0.25, 0.3) is 5.56 Å². The molecule has 0 bridgehead atoms. The van der Waals surface area contributed by atoms with Crippen molar-refractivity contribution in [2.75, 3.05) is 19.6 Å². The molecule has 6 heteroatoms. The molecule has 0 N–H and O–H groups in total. The summed E-state index contributed by atoms with van der Waals surface area (Å²) in [7, 11) is 0. The average Bonchev–Trinajstić information content (AvgIpc) is 2.94. The van der Waals surface area contributed by atoms with Gasteiger partial charge in [-0.05, 0) is 44.6 Å². The Bertz CT molecular complexity index is 971. The second kappa shape index (κ2) is 7.68. The van der Waals surface area contributed by atoms with E-state index < -0.39 is 0 Å². The monoisotopic (exact) mass is 373 g/mol. The Kier molecular flexibility index (Phi) is 5.53. The fourth-order valence-corrected chi connectivity index (χ4v) is 4.39. The molecule has 0 aliphatic heterocycles. The summed E-state index contributed by atoms with van der Waals surface area (Å²) >= 11 is 1.52. The molecular formula is C20H24FN3OS. The topological polar surface area (TPSA) is 38.1 Å². The zero-order valence-electron chi connectivity index (χ0n) is 15.7. The molecule has 4 nitrogen and oxygen atoms in total. The highest BCUT2D eigenvalue weighted by atomic mass is 32.1. The molecular weight excluding hydrogens is 349 g/mol. The maximum atomic E-state index is 13.3. The molecule has 0 aliphatic carbocycles. The van der Waals surface area contributed by atoms with Crippen molar-refractivity contribution in [1.29, 1.82) is 0 Å². The van der Waals surface area contributed by atoms with Gasteiger partial charge in [0.1, 0.15) is 16.5 Å². The van der Waals surface area contributed by atoms with Crippen molar-refractivity contribution in [3.8, 4) is 11.1 Å². The Hall–Kier alpha value is -2.05. The molecule has 0 unspecified atom stereocenters. The highest BCUT2D eigenvalue weighted by Crippen LogP contribution is 2.35. The number of rotatable bonds is 6. The molecule has 2 aromatic heterocycles.